The Balaban J connectivity index is 1.49. The molecule has 1 saturated heterocycles. The van der Waals surface area contributed by atoms with Crippen LogP contribution in [-0.2, 0) is 4.79 Å². The molecule has 164 valence electrons. The van der Waals surface area contributed by atoms with Crippen LogP contribution in [0.4, 0.5) is 0 Å². The fourth-order valence-electron chi connectivity index (χ4n) is 5.82. The average molecular weight is 415 g/mol. The number of carbonyl (C=O) groups excluding carboxylic acids is 1. The highest BCUT2D eigenvalue weighted by molar-refractivity contribution is 5.98. The molecule has 7 nitrogen and oxygen atoms in total. The summed E-state index contributed by atoms with van der Waals surface area (Å²) >= 11 is 0. The smallest absolute Gasteiger partial charge is 0.217 e. The third kappa shape index (κ3) is 3.89. The van der Waals surface area contributed by atoms with Crippen LogP contribution in [0.3, 0.4) is 0 Å². The molecule has 2 saturated carbocycles. The SMILES string of the molecule is C[C@H](Oc1ccnc(C(=N)C2CCC[C@@]3(CCCCC3=O)[C@@H]2O)n1)[C@@H]1CCCN1C. The van der Waals surface area contributed by atoms with Gasteiger partial charge < -0.3 is 15.3 Å². The van der Waals surface area contributed by atoms with Gasteiger partial charge >= 0.3 is 0 Å². The van der Waals surface area contributed by atoms with E-state index in [-0.39, 0.29) is 17.6 Å². The first-order valence-electron chi connectivity index (χ1n) is 11.4. The van der Waals surface area contributed by atoms with E-state index in [9.17, 15) is 9.90 Å². The van der Waals surface area contributed by atoms with Gasteiger partial charge in [0.1, 0.15) is 11.9 Å². The third-order valence-electron chi connectivity index (χ3n) is 7.58. The van der Waals surface area contributed by atoms with E-state index in [1.807, 2.05) is 0 Å². The number of aliphatic hydroxyl groups excluding tert-OH is 1. The number of ketones is 1. The summed E-state index contributed by atoms with van der Waals surface area (Å²) in [5.74, 6) is 0.524. The molecule has 0 aromatic carbocycles. The quantitative estimate of drug-likeness (QED) is 0.719. The number of ether oxygens (including phenoxy) is 1. The molecule has 1 aromatic rings. The van der Waals surface area contributed by atoms with Crippen molar-refractivity contribution in [3.63, 3.8) is 0 Å². The number of rotatable bonds is 5. The maximum absolute atomic E-state index is 12.7. The molecule has 0 radical (unpaired) electrons. The normalized spacial score (nSPS) is 33.6. The molecule has 0 bridgehead atoms. The van der Waals surface area contributed by atoms with E-state index >= 15 is 0 Å². The molecule has 1 aliphatic heterocycles. The summed E-state index contributed by atoms with van der Waals surface area (Å²) in [6, 6.07) is 2.09. The van der Waals surface area contributed by atoms with Crippen LogP contribution >= 0.6 is 0 Å². The number of aromatic nitrogens is 2. The first-order valence-corrected chi connectivity index (χ1v) is 11.4. The third-order valence-corrected chi connectivity index (χ3v) is 7.58. The van der Waals surface area contributed by atoms with Gasteiger partial charge in [0, 0.05) is 30.6 Å². The summed E-state index contributed by atoms with van der Waals surface area (Å²) in [5.41, 5.74) is -0.459. The van der Waals surface area contributed by atoms with Crippen LogP contribution in [0.5, 0.6) is 5.88 Å². The van der Waals surface area contributed by atoms with Crippen molar-refractivity contribution in [2.75, 3.05) is 13.6 Å². The van der Waals surface area contributed by atoms with Crippen LogP contribution in [0.2, 0.25) is 0 Å². The Morgan fingerprint density at radius 2 is 2.10 bits per heavy atom. The highest BCUT2D eigenvalue weighted by atomic mass is 16.5. The van der Waals surface area contributed by atoms with Crippen molar-refractivity contribution in [1.29, 1.82) is 5.41 Å². The standard InChI is InChI=1S/C23H34N4O3/c1-15(17-8-6-14-27(17)2)30-19-10-13-25-22(26-19)20(24)16-7-5-12-23(21(16)29)11-4-3-9-18(23)28/h10,13,15-17,21,24,29H,3-9,11-12,14H2,1-2H3/t15-,16?,17-,21+,23+/m0/s1. The number of Topliss-reactive ketones (excluding diaryl/α,β-unsaturated/α-hetero) is 1. The topological polar surface area (TPSA) is 99.4 Å². The van der Waals surface area contributed by atoms with E-state index in [0.717, 1.165) is 45.1 Å². The van der Waals surface area contributed by atoms with Gasteiger partial charge in [0.2, 0.25) is 5.88 Å². The lowest BCUT2D eigenvalue weighted by Gasteiger charge is -2.46. The second-order valence-electron chi connectivity index (χ2n) is 9.38. The molecule has 4 rings (SSSR count). The summed E-state index contributed by atoms with van der Waals surface area (Å²) in [6.07, 6.45) is 8.49. The van der Waals surface area contributed by atoms with Gasteiger partial charge in [-0.1, -0.05) is 12.8 Å². The summed E-state index contributed by atoms with van der Waals surface area (Å²) in [7, 11) is 2.12. The lowest BCUT2D eigenvalue weighted by Crippen LogP contribution is -2.52. The molecule has 1 aromatic heterocycles. The van der Waals surface area contributed by atoms with E-state index in [1.165, 1.54) is 6.42 Å². The Morgan fingerprint density at radius 3 is 2.83 bits per heavy atom. The Kier molecular flexibility index (Phi) is 6.21. The van der Waals surface area contributed by atoms with Crippen molar-refractivity contribution in [3.05, 3.63) is 18.1 Å². The van der Waals surface area contributed by atoms with Crippen molar-refractivity contribution in [2.24, 2.45) is 11.3 Å². The zero-order valence-corrected chi connectivity index (χ0v) is 18.1. The minimum absolute atomic E-state index is 0.00201. The molecule has 5 atom stereocenters. The Morgan fingerprint density at radius 1 is 1.30 bits per heavy atom. The van der Waals surface area contributed by atoms with E-state index in [4.69, 9.17) is 10.1 Å². The number of likely N-dealkylation sites (N-methyl/N-ethyl adjacent to an activating group) is 1. The molecule has 0 amide bonds. The average Bonchev–Trinajstić information content (AvgIpc) is 3.18. The highest BCUT2D eigenvalue weighted by Gasteiger charge is 2.51. The molecule has 3 fully saturated rings. The number of nitrogens with one attached hydrogen (secondary N) is 1. The number of aliphatic hydroxyl groups is 1. The largest absolute Gasteiger partial charge is 0.473 e. The van der Waals surface area contributed by atoms with Gasteiger partial charge in [-0.3, -0.25) is 9.69 Å². The zero-order chi connectivity index (χ0) is 21.3. The van der Waals surface area contributed by atoms with E-state index in [0.29, 0.717) is 30.6 Å². The van der Waals surface area contributed by atoms with Gasteiger partial charge in [-0.25, -0.2) is 4.98 Å². The van der Waals surface area contributed by atoms with Crippen molar-refractivity contribution in [1.82, 2.24) is 14.9 Å². The predicted octanol–water partition coefficient (Wildman–Crippen LogP) is 3.00. The van der Waals surface area contributed by atoms with Crippen molar-refractivity contribution < 1.29 is 14.6 Å². The highest BCUT2D eigenvalue weighted by Crippen LogP contribution is 2.48. The van der Waals surface area contributed by atoms with Crippen molar-refractivity contribution >= 4 is 11.5 Å². The van der Waals surface area contributed by atoms with Crippen molar-refractivity contribution in [3.8, 4) is 5.88 Å². The molecule has 7 heteroatoms. The second-order valence-corrected chi connectivity index (χ2v) is 9.38. The second kappa shape index (κ2) is 8.71. The van der Waals surface area contributed by atoms with Crippen LogP contribution < -0.4 is 4.74 Å². The first-order chi connectivity index (χ1) is 14.4. The Labute approximate surface area is 178 Å². The lowest BCUT2D eigenvalue weighted by atomic mass is 9.59. The van der Waals surface area contributed by atoms with Crippen LogP contribution in [0.15, 0.2) is 12.3 Å². The lowest BCUT2D eigenvalue weighted by molar-refractivity contribution is -0.145. The molecule has 3 aliphatic rings. The van der Waals surface area contributed by atoms with Crippen molar-refractivity contribution in [2.45, 2.75) is 83.0 Å². The molecular weight excluding hydrogens is 380 g/mol. The predicted molar refractivity (Wildman–Crippen MR) is 114 cm³/mol. The molecule has 2 heterocycles. The summed E-state index contributed by atoms with van der Waals surface area (Å²) in [5, 5.41) is 19.9. The molecular formula is C23H34N4O3. The maximum atomic E-state index is 12.7. The summed E-state index contributed by atoms with van der Waals surface area (Å²) < 4.78 is 6.09. The minimum atomic E-state index is -0.828. The van der Waals surface area contributed by atoms with Gasteiger partial charge in [-0.15, -0.1) is 0 Å². The van der Waals surface area contributed by atoms with Gasteiger partial charge in [0.25, 0.3) is 0 Å². The van der Waals surface area contributed by atoms with Crippen LogP contribution in [-0.4, -0.2) is 63.3 Å². The molecule has 2 aliphatic carbocycles. The van der Waals surface area contributed by atoms with Gasteiger partial charge in [0.15, 0.2) is 5.82 Å². The number of nitrogens with zero attached hydrogens (tertiary/aromatic N) is 3. The number of likely N-dealkylation sites (tertiary alicyclic amines) is 1. The summed E-state index contributed by atoms with van der Waals surface area (Å²) in [4.78, 5) is 23.8. The van der Waals surface area contributed by atoms with Gasteiger partial charge in [-0.05, 0) is 59.0 Å². The minimum Gasteiger partial charge on any atom is -0.473 e. The fraction of sp³-hybridized carbons (Fsp3) is 0.739. The van der Waals surface area contributed by atoms with E-state index in [1.54, 1.807) is 12.3 Å². The molecule has 30 heavy (non-hydrogen) atoms. The molecule has 1 unspecified atom stereocenters. The van der Waals surface area contributed by atoms with E-state index in [2.05, 4.69) is 28.8 Å². The monoisotopic (exact) mass is 414 g/mol. The Hall–Kier alpha value is -1.86. The van der Waals surface area contributed by atoms with Gasteiger partial charge in [-0.2, -0.15) is 4.98 Å². The number of hydrogen-bond acceptors (Lipinski definition) is 7. The van der Waals surface area contributed by atoms with E-state index < -0.39 is 17.4 Å². The first kappa shape index (κ1) is 21.4. The molecule has 1 spiro atoms. The Bertz CT molecular complexity index is 796. The van der Waals surface area contributed by atoms with Crippen LogP contribution in [0, 0.1) is 16.7 Å². The number of carbonyl (C=O) groups is 1. The molecule has 2 N–H and O–H groups in total. The van der Waals surface area contributed by atoms with Crippen LogP contribution in [0.1, 0.15) is 70.5 Å². The number of hydrogen-bond donors (Lipinski definition) is 2. The maximum Gasteiger partial charge on any atom is 0.217 e. The fourth-order valence-corrected chi connectivity index (χ4v) is 5.82. The van der Waals surface area contributed by atoms with Gasteiger partial charge in [0.05, 0.1) is 17.2 Å². The zero-order valence-electron chi connectivity index (χ0n) is 18.1. The van der Waals surface area contributed by atoms with Crippen LogP contribution in [0.25, 0.3) is 0 Å². The summed E-state index contributed by atoms with van der Waals surface area (Å²) in [6.45, 7) is 3.14.